The number of aliphatic hydroxyl groups is 1. The van der Waals surface area contributed by atoms with E-state index in [0.717, 1.165) is 12.0 Å². The second-order valence-corrected chi connectivity index (χ2v) is 4.26. The molecule has 3 heteroatoms. The number of carbonyl (C=O) groups is 1. The van der Waals surface area contributed by atoms with Crippen LogP contribution in [0.5, 0.6) is 0 Å². The lowest BCUT2D eigenvalue weighted by Crippen LogP contribution is -2.39. The van der Waals surface area contributed by atoms with Gasteiger partial charge in [0.25, 0.3) is 0 Å². The van der Waals surface area contributed by atoms with Gasteiger partial charge in [-0.05, 0) is 24.0 Å². The number of aliphatic hydroxyl groups excluding tert-OH is 1. The molecule has 3 nitrogen and oxygen atoms in total. The molecule has 1 amide bonds. The Morgan fingerprint density at radius 2 is 2.31 bits per heavy atom. The van der Waals surface area contributed by atoms with Crippen LogP contribution in [0.25, 0.3) is 0 Å². The molecular weight excluding hydrogens is 202 g/mol. The largest absolute Gasteiger partial charge is 0.391 e. The van der Waals surface area contributed by atoms with Crippen molar-refractivity contribution in [2.45, 2.75) is 31.8 Å². The van der Waals surface area contributed by atoms with Gasteiger partial charge in [-0.1, -0.05) is 31.2 Å². The minimum absolute atomic E-state index is 0.0137. The van der Waals surface area contributed by atoms with Crippen molar-refractivity contribution in [3.8, 4) is 0 Å². The highest BCUT2D eigenvalue weighted by Gasteiger charge is 2.31. The highest BCUT2D eigenvalue weighted by Crippen LogP contribution is 2.34. The summed E-state index contributed by atoms with van der Waals surface area (Å²) in [5.41, 5.74) is 2.39. The van der Waals surface area contributed by atoms with E-state index in [0.29, 0.717) is 13.0 Å². The molecule has 86 valence electrons. The summed E-state index contributed by atoms with van der Waals surface area (Å²) < 4.78 is 0. The van der Waals surface area contributed by atoms with Crippen LogP contribution in [0.4, 0.5) is 0 Å². The zero-order valence-corrected chi connectivity index (χ0v) is 9.44. The molecule has 0 aromatic heterocycles. The van der Waals surface area contributed by atoms with E-state index < -0.39 is 6.10 Å². The van der Waals surface area contributed by atoms with E-state index in [1.54, 1.807) is 0 Å². The number of fused-ring (bicyclic) bond motifs is 1. The van der Waals surface area contributed by atoms with Crippen LogP contribution in [0.1, 0.15) is 30.4 Å². The Hall–Kier alpha value is -1.35. The maximum atomic E-state index is 11.8. The average Bonchev–Trinajstić information content (AvgIpc) is 2.27. The maximum Gasteiger partial charge on any atom is 0.227 e. The maximum absolute atomic E-state index is 11.8. The smallest absolute Gasteiger partial charge is 0.227 e. The van der Waals surface area contributed by atoms with Gasteiger partial charge in [0, 0.05) is 6.54 Å². The van der Waals surface area contributed by atoms with Crippen molar-refractivity contribution in [3.05, 3.63) is 35.4 Å². The van der Waals surface area contributed by atoms with Crippen molar-refractivity contribution in [2.24, 2.45) is 0 Å². The van der Waals surface area contributed by atoms with Crippen molar-refractivity contribution in [1.29, 1.82) is 0 Å². The lowest BCUT2D eigenvalue weighted by molar-refractivity contribution is -0.123. The molecule has 2 rings (SSSR count). The molecule has 0 radical (unpaired) electrons. The van der Waals surface area contributed by atoms with Crippen LogP contribution in [-0.4, -0.2) is 23.7 Å². The molecule has 1 aromatic rings. The quantitative estimate of drug-likeness (QED) is 0.799. The number of amides is 1. The molecule has 1 aliphatic carbocycles. The number of hydrogen-bond donors (Lipinski definition) is 2. The fourth-order valence-electron chi connectivity index (χ4n) is 1.98. The van der Waals surface area contributed by atoms with Gasteiger partial charge in [0.15, 0.2) is 0 Å². The lowest BCUT2D eigenvalue weighted by Gasteiger charge is -2.29. The monoisotopic (exact) mass is 219 g/mol. The molecular formula is C13H17NO2. The van der Waals surface area contributed by atoms with Crippen LogP contribution < -0.4 is 5.32 Å². The minimum Gasteiger partial charge on any atom is -0.391 e. The average molecular weight is 219 g/mol. The van der Waals surface area contributed by atoms with Gasteiger partial charge >= 0.3 is 0 Å². The summed E-state index contributed by atoms with van der Waals surface area (Å²) in [5, 5.41) is 12.1. The van der Waals surface area contributed by atoms with Gasteiger partial charge in [0.05, 0.1) is 12.0 Å². The van der Waals surface area contributed by atoms with Crippen LogP contribution in [0.15, 0.2) is 24.3 Å². The zero-order valence-electron chi connectivity index (χ0n) is 9.44. The predicted molar refractivity (Wildman–Crippen MR) is 62.2 cm³/mol. The van der Waals surface area contributed by atoms with Gasteiger partial charge in [-0.3, -0.25) is 4.79 Å². The molecule has 0 heterocycles. The number of hydrogen-bond acceptors (Lipinski definition) is 2. The van der Waals surface area contributed by atoms with E-state index >= 15 is 0 Å². The molecule has 1 aliphatic rings. The van der Waals surface area contributed by atoms with E-state index in [4.69, 9.17) is 0 Å². The van der Waals surface area contributed by atoms with E-state index in [-0.39, 0.29) is 11.8 Å². The van der Waals surface area contributed by atoms with E-state index in [1.807, 2.05) is 25.1 Å². The zero-order chi connectivity index (χ0) is 11.5. The molecule has 0 saturated heterocycles. The highest BCUT2D eigenvalue weighted by molar-refractivity contribution is 5.86. The number of benzene rings is 1. The molecule has 0 spiro atoms. The van der Waals surface area contributed by atoms with E-state index in [1.165, 1.54) is 5.56 Å². The first-order valence-corrected chi connectivity index (χ1v) is 5.76. The second kappa shape index (κ2) is 4.66. The van der Waals surface area contributed by atoms with Gasteiger partial charge < -0.3 is 10.4 Å². The first-order valence-electron chi connectivity index (χ1n) is 5.76. The summed E-state index contributed by atoms with van der Waals surface area (Å²) in [5.74, 6) is 0.0199. The Morgan fingerprint density at radius 1 is 1.56 bits per heavy atom. The molecule has 1 aromatic carbocycles. The topological polar surface area (TPSA) is 49.3 Å². The Morgan fingerprint density at radius 3 is 3.00 bits per heavy atom. The molecule has 0 saturated carbocycles. The van der Waals surface area contributed by atoms with Gasteiger partial charge in [-0.25, -0.2) is 0 Å². The molecule has 0 aliphatic heterocycles. The third-order valence-electron chi connectivity index (χ3n) is 3.15. The van der Waals surface area contributed by atoms with Crippen LogP contribution in [0, 0.1) is 0 Å². The summed E-state index contributed by atoms with van der Waals surface area (Å²) in [6.45, 7) is 2.25. The first-order chi connectivity index (χ1) is 7.72. The Labute approximate surface area is 95.5 Å². The van der Waals surface area contributed by atoms with Crippen LogP contribution in [0.2, 0.25) is 0 Å². The summed E-state index contributed by atoms with van der Waals surface area (Å²) in [6.07, 6.45) is 1.06. The molecule has 2 unspecified atom stereocenters. The number of nitrogens with one attached hydrogen (secondary N) is 1. The molecule has 0 bridgehead atoms. The van der Waals surface area contributed by atoms with Gasteiger partial charge in [-0.15, -0.1) is 0 Å². The summed E-state index contributed by atoms with van der Waals surface area (Å²) in [7, 11) is 0. The first kappa shape index (κ1) is 11.1. The third kappa shape index (κ3) is 2.09. The molecule has 0 fully saturated rings. The van der Waals surface area contributed by atoms with Crippen molar-refractivity contribution >= 4 is 5.91 Å². The van der Waals surface area contributed by atoms with Crippen LogP contribution in [0.3, 0.4) is 0 Å². The lowest BCUT2D eigenvalue weighted by atomic mass is 9.77. The molecule has 2 atom stereocenters. The predicted octanol–water partition coefficient (Wildman–Crippen LogP) is 1.21. The second-order valence-electron chi connectivity index (χ2n) is 4.26. The SMILES string of the molecule is CCC(O)CNC(=O)C1Cc2ccccc21. The van der Waals surface area contributed by atoms with Crippen LogP contribution >= 0.6 is 0 Å². The summed E-state index contributed by atoms with van der Waals surface area (Å²) >= 11 is 0. The number of rotatable bonds is 4. The third-order valence-corrected chi connectivity index (χ3v) is 3.15. The number of carbonyl (C=O) groups excluding carboxylic acids is 1. The standard InChI is InChI=1S/C13H17NO2/c1-2-10(15)8-14-13(16)12-7-9-5-3-4-6-11(9)12/h3-6,10,12,15H,2,7-8H2,1H3,(H,14,16). The molecule has 2 N–H and O–H groups in total. The van der Waals surface area contributed by atoms with Crippen molar-refractivity contribution in [2.75, 3.05) is 6.54 Å². The van der Waals surface area contributed by atoms with Crippen LogP contribution in [-0.2, 0) is 11.2 Å². The van der Waals surface area contributed by atoms with Crippen molar-refractivity contribution in [3.63, 3.8) is 0 Å². The van der Waals surface area contributed by atoms with E-state index in [2.05, 4.69) is 11.4 Å². The Balaban J connectivity index is 1.90. The summed E-state index contributed by atoms with van der Waals surface area (Å²) in [4.78, 5) is 11.8. The normalized spacial score (nSPS) is 19.5. The van der Waals surface area contributed by atoms with Gasteiger partial charge in [0.1, 0.15) is 0 Å². The molecule has 16 heavy (non-hydrogen) atoms. The van der Waals surface area contributed by atoms with Gasteiger partial charge in [0.2, 0.25) is 5.91 Å². The fourth-order valence-corrected chi connectivity index (χ4v) is 1.98. The van der Waals surface area contributed by atoms with Crippen molar-refractivity contribution in [1.82, 2.24) is 5.32 Å². The Kier molecular flexibility index (Phi) is 3.25. The highest BCUT2D eigenvalue weighted by atomic mass is 16.3. The minimum atomic E-state index is -0.431. The fraction of sp³-hybridized carbons (Fsp3) is 0.462. The van der Waals surface area contributed by atoms with Gasteiger partial charge in [-0.2, -0.15) is 0 Å². The summed E-state index contributed by atoms with van der Waals surface area (Å²) in [6, 6.07) is 8.01. The Bertz CT molecular complexity index is 389. The van der Waals surface area contributed by atoms with E-state index in [9.17, 15) is 9.90 Å². The van der Waals surface area contributed by atoms with Crippen molar-refractivity contribution < 1.29 is 9.90 Å².